The quantitative estimate of drug-likeness (QED) is 0.856. The maximum absolute atomic E-state index is 12.0. The summed E-state index contributed by atoms with van der Waals surface area (Å²) in [5, 5.41) is 6.35. The predicted octanol–water partition coefficient (Wildman–Crippen LogP) is 3.41. The highest BCUT2D eigenvalue weighted by Crippen LogP contribution is 2.28. The lowest BCUT2D eigenvalue weighted by molar-refractivity contribution is -0.114. The number of hydrogen-bond donors (Lipinski definition) is 2. The van der Waals surface area contributed by atoms with E-state index in [0.29, 0.717) is 27.9 Å². The van der Waals surface area contributed by atoms with Crippen molar-refractivity contribution in [1.82, 2.24) is 0 Å². The summed E-state index contributed by atoms with van der Waals surface area (Å²) in [6.45, 7) is 0.0933. The molecule has 6 heteroatoms. The number of benzene rings is 2. The normalized spacial score (nSPS) is 9.95. The third-order valence-corrected chi connectivity index (χ3v) is 3.19. The zero-order valence-electron chi connectivity index (χ0n) is 12.4. The lowest BCUT2D eigenvalue weighted by Gasteiger charge is -2.12. The molecular formula is C16H17ClN2O3. The van der Waals surface area contributed by atoms with E-state index in [1.165, 1.54) is 0 Å². The highest BCUT2D eigenvalue weighted by molar-refractivity contribution is 6.30. The van der Waals surface area contributed by atoms with Crippen molar-refractivity contribution in [2.75, 3.05) is 31.4 Å². The molecular weight excluding hydrogens is 304 g/mol. The van der Waals surface area contributed by atoms with Gasteiger partial charge in [0.15, 0.2) is 0 Å². The Morgan fingerprint density at radius 1 is 1.14 bits per heavy atom. The lowest BCUT2D eigenvalue weighted by Crippen LogP contribution is -2.21. The molecule has 0 spiro atoms. The Balaban J connectivity index is 1.98. The Morgan fingerprint density at radius 2 is 1.95 bits per heavy atom. The molecule has 0 aromatic heterocycles. The standard InChI is InChI=1S/C16H17ClN2O3/c1-21-13-6-7-15(22-2)14(9-13)18-10-16(20)19-12-5-3-4-11(17)8-12/h3-9,18H,10H2,1-2H3,(H,19,20). The van der Waals surface area contributed by atoms with E-state index >= 15 is 0 Å². The first-order valence-corrected chi connectivity index (χ1v) is 7.01. The summed E-state index contributed by atoms with van der Waals surface area (Å²) in [6.07, 6.45) is 0. The van der Waals surface area contributed by atoms with Gasteiger partial charge in [-0.3, -0.25) is 4.79 Å². The second-order valence-electron chi connectivity index (χ2n) is 4.48. The van der Waals surface area contributed by atoms with Gasteiger partial charge in [-0.1, -0.05) is 17.7 Å². The van der Waals surface area contributed by atoms with Crippen LogP contribution >= 0.6 is 11.6 Å². The maximum atomic E-state index is 12.0. The molecule has 0 aliphatic heterocycles. The van der Waals surface area contributed by atoms with Crippen LogP contribution in [-0.4, -0.2) is 26.7 Å². The Kier molecular flexibility index (Phi) is 5.49. The molecule has 0 heterocycles. The van der Waals surface area contributed by atoms with Gasteiger partial charge in [-0.05, 0) is 30.3 Å². The van der Waals surface area contributed by atoms with Crippen molar-refractivity contribution < 1.29 is 14.3 Å². The van der Waals surface area contributed by atoms with Gasteiger partial charge in [0.25, 0.3) is 0 Å². The van der Waals surface area contributed by atoms with E-state index in [1.54, 1.807) is 56.7 Å². The molecule has 0 bridgehead atoms. The number of ether oxygens (including phenoxy) is 2. The molecule has 2 rings (SSSR count). The van der Waals surface area contributed by atoms with Crippen molar-refractivity contribution in [3.05, 3.63) is 47.5 Å². The molecule has 1 amide bonds. The summed E-state index contributed by atoms with van der Waals surface area (Å²) < 4.78 is 10.4. The SMILES string of the molecule is COc1ccc(OC)c(NCC(=O)Nc2cccc(Cl)c2)c1. The Bertz CT molecular complexity index is 662. The van der Waals surface area contributed by atoms with Crippen molar-refractivity contribution in [2.45, 2.75) is 0 Å². The molecule has 22 heavy (non-hydrogen) atoms. The number of nitrogens with one attached hydrogen (secondary N) is 2. The van der Waals surface area contributed by atoms with Crippen LogP contribution in [0.1, 0.15) is 0 Å². The zero-order chi connectivity index (χ0) is 15.9. The van der Waals surface area contributed by atoms with E-state index in [9.17, 15) is 4.79 Å². The Hall–Kier alpha value is -2.40. The first-order valence-electron chi connectivity index (χ1n) is 6.63. The summed E-state index contributed by atoms with van der Waals surface area (Å²) in [4.78, 5) is 12.0. The molecule has 0 radical (unpaired) electrons. The van der Waals surface area contributed by atoms with E-state index in [-0.39, 0.29) is 12.5 Å². The highest BCUT2D eigenvalue weighted by atomic mass is 35.5. The number of anilines is 2. The summed E-state index contributed by atoms with van der Waals surface area (Å²) in [5.41, 5.74) is 1.33. The molecule has 0 fully saturated rings. The first-order chi connectivity index (χ1) is 10.6. The molecule has 2 N–H and O–H groups in total. The number of amides is 1. The van der Waals surface area contributed by atoms with Crippen LogP contribution in [0.4, 0.5) is 11.4 Å². The zero-order valence-corrected chi connectivity index (χ0v) is 13.1. The number of halogens is 1. The van der Waals surface area contributed by atoms with E-state index in [4.69, 9.17) is 21.1 Å². The van der Waals surface area contributed by atoms with Crippen LogP contribution in [0.3, 0.4) is 0 Å². The monoisotopic (exact) mass is 320 g/mol. The molecule has 0 unspecified atom stereocenters. The molecule has 0 saturated heterocycles. The molecule has 0 aliphatic rings. The second-order valence-corrected chi connectivity index (χ2v) is 4.91. The number of methoxy groups -OCH3 is 2. The van der Waals surface area contributed by atoms with Gasteiger partial charge in [0.2, 0.25) is 5.91 Å². The Morgan fingerprint density at radius 3 is 2.64 bits per heavy atom. The third kappa shape index (κ3) is 4.30. The van der Waals surface area contributed by atoms with Crippen LogP contribution in [-0.2, 0) is 4.79 Å². The molecule has 2 aromatic rings. The average Bonchev–Trinajstić information content (AvgIpc) is 2.52. The molecule has 0 saturated carbocycles. The van der Waals surface area contributed by atoms with Crippen LogP contribution < -0.4 is 20.1 Å². The largest absolute Gasteiger partial charge is 0.497 e. The number of carbonyl (C=O) groups excluding carboxylic acids is 1. The molecule has 5 nitrogen and oxygen atoms in total. The molecule has 0 aliphatic carbocycles. The predicted molar refractivity (Wildman–Crippen MR) is 88.1 cm³/mol. The average molecular weight is 321 g/mol. The van der Waals surface area contributed by atoms with Crippen LogP contribution in [0.25, 0.3) is 0 Å². The van der Waals surface area contributed by atoms with Gasteiger partial charge >= 0.3 is 0 Å². The second kappa shape index (κ2) is 7.56. The number of carbonyl (C=O) groups is 1. The fraction of sp³-hybridized carbons (Fsp3) is 0.188. The van der Waals surface area contributed by atoms with E-state index in [2.05, 4.69) is 10.6 Å². The summed E-state index contributed by atoms with van der Waals surface area (Å²) >= 11 is 5.88. The van der Waals surface area contributed by atoms with E-state index in [1.807, 2.05) is 0 Å². The lowest BCUT2D eigenvalue weighted by atomic mass is 10.2. The van der Waals surface area contributed by atoms with Crippen LogP contribution in [0.5, 0.6) is 11.5 Å². The van der Waals surface area contributed by atoms with Gasteiger partial charge in [0.05, 0.1) is 26.5 Å². The van der Waals surface area contributed by atoms with Gasteiger partial charge in [0, 0.05) is 16.8 Å². The van der Waals surface area contributed by atoms with Crippen molar-refractivity contribution in [3.8, 4) is 11.5 Å². The molecule has 2 aromatic carbocycles. The summed E-state index contributed by atoms with van der Waals surface area (Å²) in [6, 6.07) is 12.3. The molecule has 116 valence electrons. The highest BCUT2D eigenvalue weighted by Gasteiger charge is 2.07. The summed E-state index contributed by atoms with van der Waals surface area (Å²) in [7, 11) is 3.15. The van der Waals surface area contributed by atoms with Gasteiger partial charge in [-0.15, -0.1) is 0 Å². The van der Waals surface area contributed by atoms with Crippen LogP contribution in [0.2, 0.25) is 5.02 Å². The van der Waals surface area contributed by atoms with Gasteiger partial charge in [-0.2, -0.15) is 0 Å². The van der Waals surface area contributed by atoms with Gasteiger partial charge < -0.3 is 20.1 Å². The molecule has 0 atom stereocenters. The fourth-order valence-electron chi connectivity index (χ4n) is 1.90. The van der Waals surface area contributed by atoms with E-state index < -0.39 is 0 Å². The number of rotatable bonds is 6. The van der Waals surface area contributed by atoms with Gasteiger partial charge in [-0.25, -0.2) is 0 Å². The number of hydrogen-bond acceptors (Lipinski definition) is 4. The van der Waals surface area contributed by atoms with Crippen molar-refractivity contribution in [3.63, 3.8) is 0 Å². The van der Waals surface area contributed by atoms with Crippen LogP contribution in [0, 0.1) is 0 Å². The minimum Gasteiger partial charge on any atom is -0.497 e. The Labute approximate surface area is 134 Å². The minimum absolute atomic E-state index is 0.0933. The van der Waals surface area contributed by atoms with Crippen molar-refractivity contribution >= 4 is 28.9 Å². The first kappa shape index (κ1) is 16.0. The maximum Gasteiger partial charge on any atom is 0.243 e. The third-order valence-electron chi connectivity index (χ3n) is 2.95. The van der Waals surface area contributed by atoms with Crippen molar-refractivity contribution in [2.24, 2.45) is 0 Å². The fourth-order valence-corrected chi connectivity index (χ4v) is 2.09. The van der Waals surface area contributed by atoms with E-state index in [0.717, 1.165) is 0 Å². The smallest absolute Gasteiger partial charge is 0.243 e. The minimum atomic E-state index is -0.188. The summed E-state index contributed by atoms with van der Waals surface area (Å²) in [5.74, 6) is 1.13. The van der Waals surface area contributed by atoms with Crippen LogP contribution in [0.15, 0.2) is 42.5 Å². The van der Waals surface area contributed by atoms with Crippen molar-refractivity contribution in [1.29, 1.82) is 0 Å². The topological polar surface area (TPSA) is 59.6 Å². The van der Waals surface area contributed by atoms with Gasteiger partial charge in [0.1, 0.15) is 11.5 Å².